The van der Waals surface area contributed by atoms with Gasteiger partial charge in [0.05, 0.1) is 5.56 Å². The average molecular weight is 314 g/mol. The van der Waals surface area contributed by atoms with Crippen LogP contribution >= 0.6 is 0 Å². The Morgan fingerprint density at radius 3 is 2.19 bits per heavy atom. The first-order valence-electron chi connectivity index (χ1n) is 5.60. The molecule has 2 N–H and O–H groups in total. The molecule has 0 unspecified atom stereocenters. The number of nitrogens with two attached hydrogens (primary N) is 1. The molecule has 110 valence electrons. The van der Waals surface area contributed by atoms with Gasteiger partial charge in [0.1, 0.15) is 28.8 Å². The van der Waals surface area contributed by atoms with Crippen LogP contribution in [0.2, 0.25) is 0 Å². The molecule has 0 aliphatic rings. The summed E-state index contributed by atoms with van der Waals surface area (Å²) in [7, 11) is -1.60. The van der Waals surface area contributed by atoms with Crippen molar-refractivity contribution < 1.29 is 22.2 Å². The lowest BCUT2D eigenvalue weighted by Gasteiger charge is -2.08. The minimum Gasteiger partial charge on any atom is -0.364 e. The van der Waals surface area contributed by atoms with E-state index in [1.54, 1.807) is 0 Å². The summed E-state index contributed by atoms with van der Waals surface area (Å²) in [5.74, 6) is -4.23. The van der Waals surface area contributed by atoms with Gasteiger partial charge in [0.2, 0.25) is 0 Å². The quantitative estimate of drug-likeness (QED) is 0.942. The molecule has 1 aromatic heterocycles. The number of carbonyl (C=O) groups is 1. The molecule has 4 nitrogen and oxygen atoms in total. The van der Waals surface area contributed by atoms with E-state index in [9.17, 15) is 22.2 Å². The van der Waals surface area contributed by atoms with Crippen molar-refractivity contribution in [1.82, 2.24) is 4.98 Å². The highest BCUT2D eigenvalue weighted by Gasteiger charge is 2.20. The van der Waals surface area contributed by atoms with Gasteiger partial charge < -0.3 is 5.73 Å². The zero-order chi connectivity index (χ0) is 15.7. The number of benzene rings is 1. The van der Waals surface area contributed by atoms with Crippen LogP contribution in [0.25, 0.3) is 11.3 Å². The van der Waals surface area contributed by atoms with Crippen LogP contribution < -0.4 is 5.73 Å². The summed E-state index contributed by atoms with van der Waals surface area (Å²) in [5.41, 5.74) is 3.26. The van der Waals surface area contributed by atoms with E-state index in [4.69, 9.17) is 5.73 Å². The number of rotatable bonds is 3. The smallest absolute Gasteiger partial charge is 0.267 e. The molecule has 0 aliphatic heterocycles. The number of carbonyl (C=O) groups excluding carboxylic acids is 1. The first kappa shape index (κ1) is 15.2. The Morgan fingerprint density at radius 1 is 1.14 bits per heavy atom. The van der Waals surface area contributed by atoms with E-state index in [1.807, 2.05) is 0 Å². The second-order valence-electron chi connectivity index (χ2n) is 4.11. The Hall–Kier alpha value is -2.22. The molecule has 0 fully saturated rings. The van der Waals surface area contributed by atoms with Crippen LogP contribution in [0.4, 0.5) is 13.2 Å². The number of amides is 1. The van der Waals surface area contributed by atoms with Crippen molar-refractivity contribution in [2.45, 2.75) is 4.90 Å². The third kappa shape index (κ3) is 2.94. The summed E-state index contributed by atoms with van der Waals surface area (Å²) in [6.45, 7) is 0. The van der Waals surface area contributed by atoms with E-state index in [1.165, 1.54) is 6.26 Å². The van der Waals surface area contributed by atoms with E-state index in [0.717, 1.165) is 24.3 Å². The molecular formula is C13H9F3N2O2S. The molecule has 0 spiro atoms. The Kier molecular flexibility index (Phi) is 4.08. The lowest BCUT2D eigenvalue weighted by molar-refractivity contribution is 0.0995. The van der Waals surface area contributed by atoms with E-state index in [-0.39, 0.29) is 10.6 Å². The van der Waals surface area contributed by atoms with Crippen LogP contribution in [0.3, 0.4) is 0 Å². The second-order valence-corrected chi connectivity index (χ2v) is 5.49. The van der Waals surface area contributed by atoms with E-state index >= 15 is 0 Å². The largest absolute Gasteiger partial charge is 0.364 e. The molecule has 0 saturated heterocycles. The highest BCUT2D eigenvalue weighted by molar-refractivity contribution is 7.84. The molecule has 2 rings (SSSR count). The van der Waals surface area contributed by atoms with Gasteiger partial charge in [-0.05, 0) is 24.3 Å². The number of hydrogen-bond donors (Lipinski definition) is 1. The highest BCUT2D eigenvalue weighted by atomic mass is 32.2. The maximum atomic E-state index is 14.0. The van der Waals surface area contributed by atoms with Crippen molar-refractivity contribution in [3.8, 4) is 11.3 Å². The van der Waals surface area contributed by atoms with Crippen LogP contribution in [0.5, 0.6) is 0 Å². The van der Waals surface area contributed by atoms with Crippen molar-refractivity contribution in [3.05, 3.63) is 47.4 Å². The van der Waals surface area contributed by atoms with Gasteiger partial charge >= 0.3 is 0 Å². The fourth-order valence-electron chi connectivity index (χ4n) is 1.70. The Morgan fingerprint density at radius 2 is 1.71 bits per heavy atom. The van der Waals surface area contributed by atoms with Crippen molar-refractivity contribution in [2.24, 2.45) is 5.73 Å². The first-order valence-corrected chi connectivity index (χ1v) is 7.16. The topological polar surface area (TPSA) is 73.1 Å². The van der Waals surface area contributed by atoms with Gasteiger partial charge in [0, 0.05) is 22.0 Å². The minimum atomic E-state index is -1.60. The fourth-order valence-corrected chi connectivity index (χ4v) is 2.24. The van der Waals surface area contributed by atoms with Gasteiger partial charge in [-0.15, -0.1) is 0 Å². The van der Waals surface area contributed by atoms with Crippen LogP contribution in [-0.2, 0) is 10.8 Å². The molecular weight excluding hydrogens is 305 g/mol. The maximum absolute atomic E-state index is 14.0. The molecule has 0 radical (unpaired) electrons. The van der Waals surface area contributed by atoms with E-state index in [2.05, 4.69) is 4.98 Å². The number of nitrogens with zero attached hydrogens (tertiary/aromatic N) is 1. The molecule has 1 atom stereocenters. The Labute approximate surface area is 120 Å². The normalized spacial score (nSPS) is 12.2. The van der Waals surface area contributed by atoms with Crippen LogP contribution in [-0.4, -0.2) is 21.4 Å². The molecule has 2 aromatic rings. The second kappa shape index (κ2) is 5.65. The third-order valence-electron chi connectivity index (χ3n) is 2.68. The lowest BCUT2D eigenvalue weighted by Crippen LogP contribution is -2.14. The standard InChI is InChI=1S/C13H9F3N2O2S/c1-21(20)6-4-8(15)11(9(16)5-6)12-7(14)2-3-10(18-12)13(17)19/h2-5H,1H3,(H2,17,19)/t21-/m1/s1. The van der Waals surface area contributed by atoms with Crippen LogP contribution in [0.15, 0.2) is 29.2 Å². The maximum Gasteiger partial charge on any atom is 0.267 e. The van der Waals surface area contributed by atoms with Gasteiger partial charge in [0.15, 0.2) is 0 Å². The predicted octanol–water partition coefficient (Wildman–Crippen LogP) is 2.00. The molecule has 1 amide bonds. The Bertz CT molecular complexity index is 742. The average Bonchev–Trinajstić information content (AvgIpc) is 2.39. The van der Waals surface area contributed by atoms with Crippen LogP contribution in [0, 0.1) is 17.5 Å². The summed E-state index contributed by atoms with van der Waals surface area (Å²) < 4.78 is 52.9. The molecule has 0 saturated carbocycles. The monoisotopic (exact) mass is 314 g/mol. The van der Waals surface area contributed by atoms with Gasteiger partial charge in [0.25, 0.3) is 5.91 Å². The van der Waals surface area contributed by atoms with Gasteiger partial charge in [-0.2, -0.15) is 0 Å². The summed E-state index contributed by atoms with van der Waals surface area (Å²) in [6, 6.07) is 3.50. The van der Waals surface area contributed by atoms with E-state index < -0.39 is 45.4 Å². The lowest BCUT2D eigenvalue weighted by atomic mass is 10.1. The summed E-state index contributed by atoms with van der Waals surface area (Å²) >= 11 is 0. The molecule has 8 heteroatoms. The highest BCUT2D eigenvalue weighted by Crippen LogP contribution is 2.28. The van der Waals surface area contributed by atoms with E-state index in [0.29, 0.717) is 0 Å². The number of primary amides is 1. The molecule has 1 aromatic carbocycles. The summed E-state index contributed by atoms with van der Waals surface area (Å²) in [5, 5.41) is 0. The molecule has 0 bridgehead atoms. The van der Waals surface area contributed by atoms with Crippen molar-refractivity contribution in [3.63, 3.8) is 0 Å². The van der Waals surface area contributed by atoms with Crippen molar-refractivity contribution >= 4 is 16.7 Å². The molecule has 1 heterocycles. The Balaban J connectivity index is 2.70. The van der Waals surface area contributed by atoms with Gasteiger partial charge in [-0.1, -0.05) is 0 Å². The van der Waals surface area contributed by atoms with Gasteiger partial charge in [-0.3, -0.25) is 9.00 Å². The number of hydrogen-bond acceptors (Lipinski definition) is 3. The zero-order valence-electron chi connectivity index (χ0n) is 10.7. The summed E-state index contributed by atoms with van der Waals surface area (Å²) in [4.78, 5) is 14.5. The van der Waals surface area contributed by atoms with Crippen LogP contribution in [0.1, 0.15) is 10.5 Å². The molecule has 0 aliphatic carbocycles. The number of pyridine rings is 1. The fraction of sp³-hybridized carbons (Fsp3) is 0.0769. The first-order chi connectivity index (χ1) is 9.81. The predicted molar refractivity (Wildman–Crippen MR) is 70.4 cm³/mol. The SMILES string of the molecule is C[S@@](=O)c1cc(F)c(-c2nc(C(N)=O)ccc2F)c(F)c1. The third-order valence-corrected chi connectivity index (χ3v) is 3.58. The number of halogens is 3. The zero-order valence-corrected chi connectivity index (χ0v) is 11.5. The number of aromatic nitrogens is 1. The molecule has 21 heavy (non-hydrogen) atoms. The van der Waals surface area contributed by atoms with Crippen molar-refractivity contribution in [2.75, 3.05) is 6.26 Å². The van der Waals surface area contributed by atoms with Crippen molar-refractivity contribution in [1.29, 1.82) is 0 Å². The summed E-state index contributed by atoms with van der Waals surface area (Å²) in [6.07, 6.45) is 1.25. The van der Waals surface area contributed by atoms with Gasteiger partial charge in [-0.25, -0.2) is 18.2 Å². The minimum absolute atomic E-state index is 0.0831.